The van der Waals surface area contributed by atoms with Gasteiger partial charge in [-0.1, -0.05) is 36.4 Å². The number of hydrogen-bond acceptors (Lipinski definition) is 3. The fourth-order valence-electron chi connectivity index (χ4n) is 2.75. The molecule has 0 N–H and O–H groups in total. The number of halogens is 3. The molecule has 1 aliphatic rings. The molecule has 3 rings (SSSR count). The minimum atomic E-state index is -4.37. The number of carbonyl (C=O) groups excluding carboxylic acids is 1. The highest BCUT2D eigenvalue weighted by molar-refractivity contribution is 5.68. The van der Waals surface area contributed by atoms with E-state index in [4.69, 9.17) is 9.47 Å². The SMILES string of the molecule is O=C(OCc1ccccc1)N1CCc2cc(OCC(F)(F)F)ccc2C1. The van der Waals surface area contributed by atoms with Gasteiger partial charge < -0.3 is 14.4 Å². The van der Waals surface area contributed by atoms with E-state index >= 15 is 0 Å². The number of amides is 1. The summed E-state index contributed by atoms with van der Waals surface area (Å²) in [5.74, 6) is 0.182. The van der Waals surface area contributed by atoms with E-state index in [1.807, 2.05) is 30.3 Å². The summed E-state index contributed by atoms with van der Waals surface area (Å²) in [5.41, 5.74) is 2.67. The van der Waals surface area contributed by atoms with Gasteiger partial charge in [0.2, 0.25) is 0 Å². The van der Waals surface area contributed by atoms with Gasteiger partial charge in [-0.3, -0.25) is 0 Å². The molecule has 4 nitrogen and oxygen atoms in total. The number of benzene rings is 2. The van der Waals surface area contributed by atoms with E-state index in [0.717, 1.165) is 16.7 Å². The lowest BCUT2D eigenvalue weighted by Crippen LogP contribution is -2.36. The maximum atomic E-state index is 12.2. The standard InChI is InChI=1S/C19H18F3NO3/c20-19(21,22)13-26-17-7-6-16-11-23(9-8-15(16)10-17)18(24)25-12-14-4-2-1-3-5-14/h1-7,10H,8-9,11-13H2. The highest BCUT2D eigenvalue weighted by atomic mass is 19.4. The summed E-state index contributed by atoms with van der Waals surface area (Å²) in [5, 5.41) is 0. The van der Waals surface area contributed by atoms with Crippen LogP contribution in [0, 0.1) is 0 Å². The van der Waals surface area contributed by atoms with Crippen LogP contribution in [0.25, 0.3) is 0 Å². The molecule has 0 saturated heterocycles. The van der Waals surface area contributed by atoms with Crippen molar-refractivity contribution in [2.24, 2.45) is 0 Å². The molecule has 0 spiro atoms. The molecule has 0 saturated carbocycles. The zero-order valence-corrected chi connectivity index (χ0v) is 14.0. The monoisotopic (exact) mass is 365 g/mol. The average molecular weight is 365 g/mol. The highest BCUT2D eigenvalue weighted by Gasteiger charge is 2.29. The Morgan fingerprint density at radius 3 is 2.58 bits per heavy atom. The maximum Gasteiger partial charge on any atom is 0.422 e. The van der Waals surface area contributed by atoms with Gasteiger partial charge in [0.05, 0.1) is 0 Å². The second kappa shape index (κ2) is 7.68. The topological polar surface area (TPSA) is 38.8 Å². The number of rotatable bonds is 4. The third-order valence-corrected chi connectivity index (χ3v) is 4.06. The molecule has 0 aliphatic carbocycles. The van der Waals surface area contributed by atoms with E-state index in [1.165, 1.54) is 6.07 Å². The molecule has 2 aromatic carbocycles. The second-order valence-corrected chi connectivity index (χ2v) is 6.05. The molecule has 1 aliphatic heterocycles. The number of ether oxygens (including phenoxy) is 2. The largest absolute Gasteiger partial charge is 0.484 e. The van der Waals surface area contributed by atoms with E-state index in [9.17, 15) is 18.0 Å². The average Bonchev–Trinajstić information content (AvgIpc) is 2.64. The number of fused-ring (bicyclic) bond motifs is 1. The zero-order chi connectivity index (χ0) is 18.6. The number of carbonyl (C=O) groups is 1. The van der Waals surface area contributed by atoms with Crippen molar-refractivity contribution in [3.05, 3.63) is 65.2 Å². The Hall–Kier alpha value is -2.70. The van der Waals surface area contributed by atoms with Crippen molar-refractivity contribution in [2.75, 3.05) is 13.2 Å². The molecule has 1 amide bonds. The number of hydrogen-bond donors (Lipinski definition) is 0. The minimum absolute atomic E-state index is 0.182. The quantitative estimate of drug-likeness (QED) is 0.810. The lowest BCUT2D eigenvalue weighted by Gasteiger charge is -2.28. The van der Waals surface area contributed by atoms with Gasteiger partial charge in [-0.2, -0.15) is 13.2 Å². The van der Waals surface area contributed by atoms with E-state index in [-0.39, 0.29) is 12.4 Å². The normalized spacial score (nSPS) is 13.9. The predicted molar refractivity (Wildman–Crippen MR) is 88.7 cm³/mol. The van der Waals surface area contributed by atoms with Crippen molar-refractivity contribution in [2.45, 2.75) is 25.7 Å². The smallest absolute Gasteiger partial charge is 0.422 e. The maximum absolute atomic E-state index is 12.2. The van der Waals surface area contributed by atoms with Gasteiger partial charge in [0.25, 0.3) is 0 Å². The van der Waals surface area contributed by atoms with Gasteiger partial charge in [-0.25, -0.2) is 4.79 Å². The Labute approximate surface area is 149 Å². The summed E-state index contributed by atoms with van der Waals surface area (Å²) in [6.07, 6.45) is -4.23. The van der Waals surface area contributed by atoms with E-state index in [2.05, 4.69) is 0 Å². The van der Waals surface area contributed by atoms with Gasteiger partial charge in [-0.05, 0) is 35.2 Å². The van der Waals surface area contributed by atoms with Crippen LogP contribution < -0.4 is 4.74 Å². The van der Waals surface area contributed by atoms with E-state index in [0.29, 0.717) is 19.5 Å². The molecule has 0 bridgehead atoms. The van der Waals surface area contributed by atoms with Gasteiger partial charge >= 0.3 is 12.3 Å². The summed E-state index contributed by atoms with van der Waals surface area (Å²) in [6.45, 7) is -0.303. The molecule has 26 heavy (non-hydrogen) atoms. The Morgan fingerprint density at radius 1 is 1.08 bits per heavy atom. The van der Waals surface area contributed by atoms with Gasteiger partial charge in [0.1, 0.15) is 12.4 Å². The fraction of sp³-hybridized carbons (Fsp3) is 0.316. The van der Waals surface area contributed by atoms with Crippen LogP contribution in [0.5, 0.6) is 5.75 Å². The second-order valence-electron chi connectivity index (χ2n) is 6.05. The number of nitrogens with zero attached hydrogens (tertiary/aromatic N) is 1. The third kappa shape index (κ3) is 4.91. The van der Waals surface area contributed by atoms with Crippen LogP contribution in [-0.4, -0.2) is 30.3 Å². The summed E-state index contributed by atoms with van der Waals surface area (Å²) in [7, 11) is 0. The zero-order valence-electron chi connectivity index (χ0n) is 14.0. The van der Waals surface area contributed by atoms with Crippen LogP contribution in [0.2, 0.25) is 0 Å². The Morgan fingerprint density at radius 2 is 1.85 bits per heavy atom. The number of alkyl halides is 3. The van der Waals surface area contributed by atoms with E-state index < -0.39 is 18.9 Å². The molecule has 2 aromatic rings. The summed E-state index contributed by atoms with van der Waals surface area (Å²) in [6, 6.07) is 14.2. The third-order valence-electron chi connectivity index (χ3n) is 4.06. The predicted octanol–water partition coefficient (Wildman–Crippen LogP) is 4.32. The van der Waals surface area contributed by atoms with Crippen molar-refractivity contribution in [1.29, 1.82) is 0 Å². The molecule has 0 fully saturated rings. The molecule has 0 unspecified atom stereocenters. The summed E-state index contributed by atoms with van der Waals surface area (Å²) in [4.78, 5) is 13.8. The van der Waals surface area contributed by atoms with Crippen molar-refractivity contribution in [3.8, 4) is 5.75 Å². The van der Waals surface area contributed by atoms with Crippen LogP contribution in [-0.2, 0) is 24.3 Å². The van der Waals surface area contributed by atoms with Crippen LogP contribution in [0.3, 0.4) is 0 Å². The lowest BCUT2D eigenvalue weighted by molar-refractivity contribution is -0.153. The lowest BCUT2D eigenvalue weighted by atomic mass is 10.00. The van der Waals surface area contributed by atoms with Crippen LogP contribution in [0.4, 0.5) is 18.0 Å². The molecule has 7 heteroatoms. The first kappa shape index (κ1) is 18.1. The van der Waals surface area contributed by atoms with Crippen molar-refractivity contribution in [3.63, 3.8) is 0 Å². The van der Waals surface area contributed by atoms with Gasteiger partial charge in [0, 0.05) is 13.1 Å². The van der Waals surface area contributed by atoms with Crippen molar-refractivity contribution < 1.29 is 27.4 Å². The van der Waals surface area contributed by atoms with Crippen LogP contribution in [0.15, 0.2) is 48.5 Å². The molecular formula is C19H18F3NO3. The summed E-state index contributed by atoms with van der Waals surface area (Å²) < 4.78 is 46.8. The fourth-order valence-corrected chi connectivity index (χ4v) is 2.75. The highest BCUT2D eigenvalue weighted by Crippen LogP contribution is 2.26. The first-order valence-corrected chi connectivity index (χ1v) is 8.18. The van der Waals surface area contributed by atoms with Crippen molar-refractivity contribution in [1.82, 2.24) is 4.90 Å². The molecule has 0 aromatic heterocycles. The first-order valence-electron chi connectivity index (χ1n) is 8.18. The molecule has 138 valence electrons. The Bertz CT molecular complexity index is 762. The van der Waals surface area contributed by atoms with Gasteiger partial charge in [-0.15, -0.1) is 0 Å². The van der Waals surface area contributed by atoms with E-state index in [1.54, 1.807) is 17.0 Å². The molecule has 1 heterocycles. The Kier molecular flexibility index (Phi) is 5.35. The Balaban J connectivity index is 1.56. The van der Waals surface area contributed by atoms with Crippen LogP contribution >= 0.6 is 0 Å². The molecule has 0 radical (unpaired) electrons. The van der Waals surface area contributed by atoms with Gasteiger partial charge in [0.15, 0.2) is 6.61 Å². The minimum Gasteiger partial charge on any atom is -0.484 e. The molecule has 0 atom stereocenters. The van der Waals surface area contributed by atoms with Crippen LogP contribution in [0.1, 0.15) is 16.7 Å². The molecular weight excluding hydrogens is 347 g/mol. The first-order chi connectivity index (χ1) is 12.4. The summed E-state index contributed by atoms with van der Waals surface area (Å²) >= 11 is 0. The van der Waals surface area contributed by atoms with Crippen molar-refractivity contribution >= 4 is 6.09 Å².